The summed E-state index contributed by atoms with van der Waals surface area (Å²) in [6.07, 6.45) is 4.68. The SMILES string of the molecule is Cc1cc(C2CCCN2CC(C)C)c[nH]c1=S. The molecule has 1 unspecified atom stereocenters. The van der Waals surface area contributed by atoms with Crippen LogP contribution >= 0.6 is 12.2 Å². The Morgan fingerprint density at radius 2 is 2.29 bits per heavy atom. The van der Waals surface area contributed by atoms with E-state index in [9.17, 15) is 0 Å². The van der Waals surface area contributed by atoms with Crippen molar-refractivity contribution in [1.82, 2.24) is 9.88 Å². The molecule has 1 aliphatic heterocycles. The average Bonchev–Trinajstić information content (AvgIpc) is 2.69. The second-order valence-electron chi connectivity index (χ2n) is 5.49. The summed E-state index contributed by atoms with van der Waals surface area (Å²) in [5.74, 6) is 0.735. The minimum Gasteiger partial charge on any atom is -0.352 e. The first kappa shape index (κ1) is 12.8. The number of hydrogen-bond acceptors (Lipinski definition) is 2. The second-order valence-corrected chi connectivity index (χ2v) is 5.90. The summed E-state index contributed by atoms with van der Waals surface area (Å²) >= 11 is 5.22. The Bertz CT molecular complexity index is 436. The van der Waals surface area contributed by atoms with E-state index >= 15 is 0 Å². The standard InChI is InChI=1S/C14H22N2S/c1-10(2)9-16-6-4-5-13(16)12-7-11(3)14(17)15-8-12/h7-8,10,13H,4-6,9H2,1-3H3,(H,15,17). The number of aromatic amines is 1. The van der Waals surface area contributed by atoms with Crippen molar-refractivity contribution in [2.45, 2.75) is 39.7 Å². The van der Waals surface area contributed by atoms with Gasteiger partial charge in [0.1, 0.15) is 4.64 Å². The van der Waals surface area contributed by atoms with Gasteiger partial charge >= 0.3 is 0 Å². The molecule has 2 rings (SSSR count). The van der Waals surface area contributed by atoms with Gasteiger partial charge in [-0.05, 0) is 43.4 Å². The zero-order valence-electron chi connectivity index (χ0n) is 11.0. The fourth-order valence-corrected chi connectivity index (χ4v) is 2.82. The fraction of sp³-hybridized carbons (Fsp3) is 0.643. The van der Waals surface area contributed by atoms with Gasteiger partial charge in [-0.15, -0.1) is 0 Å². The van der Waals surface area contributed by atoms with E-state index in [1.165, 1.54) is 37.1 Å². The Hall–Kier alpha value is -0.670. The molecule has 0 bridgehead atoms. The summed E-state index contributed by atoms with van der Waals surface area (Å²) < 4.78 is 0.863. The lowest BCUT2D eigenvalue weighted by atomic mass is 10.0. The van der Waals surface area contributed by atoms with Crippen LogP contribution in [-0.2, 0) is 0 Å². The largest absolute Gasteiger partial charge is 0.352 e. The third-order valence-electron chi connectivity index (χ3n) is 3.46. The van der Waals surface area contributed by atoms with Crippen LogP contribution in [0.15, 0.2) is 12.3 Å². The topological polar surface area (TPSA) is 19.0 Å². The zero-order valence-corrected chi connectivity index (χ0v) is 11.8. The van der Waals surface area contributed by atoms with Gasteiger partial charge in [0.25, 0.3) is 0 Å². The van der Waals surface area contributed by atoms with E-state index in [0.717, 1.165) is 10.6 Å². The molecule has 94 valence electrons. The maximum atomic E-state index is 5.22. The number of rotatable bonds is 3. The van der Waals surface area contributed by atoms with Crippen molar-refractivity contribution < 1.29 is 0 Å². The molecule has 0 radical (unpaired) electrons. The lowest BCUT2D eigenvalue weighted by Crippen LogP contribution is -2.27. The molecule has 1 aliphatic rings. The maximum Gasteiger partial charge on any atom is 0.106 e. The Labute approximate surface area is 109 Å². The minimum atomic E-state index is 0.586. The van der Waals surface area contributed by atoms with Crippen LogP contribution in [0.4, 0.5) is 0 Å². The molecule has 0 spiro atoms. The number of H-pyrrole nitrogens is 1. The minimum absolute atomic E-state index is 0.586. The quantitative estimate of drug-likeness (QED) is 0.822. The van der Waals surface area contributed by atoms with Gasteiger partial charge in [0, 0.05) is 18.8 Å². The summed E-state index contributed by atoms with van der Waals surface area (Å²) in [4.78, 5) is 5.81. The molecule has 3 heteroatoms. The van der Waals surface area contributed by atoms with Gasteiger partial charge in [0.15, 0.2) is 0 Å². The van der Waals surface area contributed by atoms with E-state index in [0.29, 0.717) is 6.04 Å². The molecule has 1 aromatic rings. The van der Waals surface area contributed by atoms with Crippen molar-refractivity contribution in [3.05, 3.63) is 28.0 Å². The molecule has 1 aromatic heterocycles. The molecule has 0 saturated carbocycles. The molecule has 0 aromatic carbocycles. The third kappa shape index (κ3) is 2.96. The van der Waals surface area contributed by atoms with Crippen LogP contribution in [0.25, 0.3) is 0 Å². The predicted molar refractivity (Wildman–Crippen MR) is 74.7 cm³/mol. The highest BCUT2D eigenvalue weighted by Crippen LogP contribution is 2.32. The van der Waals surface area contributed by atoms with Gasteiger partial charge in [0.05, 0.1) is 0 Å². The van der Waals surface area contributed by atoms with E-state index in [4.69, 9.17) is 12.2 Å². The van der Waals surface area contributed by atoms with Gasteiger partial charge in [-0.1, -0.05) is 32.1 Å². The summed E-state index contributed by atoms with van der Waals surface area (Å²) in [7, 11) is 0. The first-order valence-corrected chi connectivity index (χ1v) is 6.92. The van der Waals surface area contributed by atoms with E-state index in [1.807, 2.05) is 0 Å². The molecular weight excluding hydrogens is 228 g/mol. The van der Waals surface area contributed by atoms with E-state index in [2.05, 4.69) is 42.9 Å². The first-order valence-electron chi connectivity index (χ1n) is 6.51. The fourth-order valence-electron chi connectivity index (χ4n) is 2.70. The number of nitrogens with zero attached hydrogens (tertiary/aromatic N) is 1. The monoisotopic (exact) mass is 250 g/mol. The average molecular weight is 250 g/mol. The second kappa shape index (κ2) is 5.32. The van der Waals surface area contributed by atoms with Crippen LogP contribution < -0.4 is 0 Å². The molecule has 1 atom stereocenters. The maximum absolute atomic E-state index is 5.22. The van der Waals surface area contributed by atoms with Gasteiger partial charge in [0.2, 0.25) is 0 Å². The number of aryl methyl sites for hydroxylation is 1. The van der Waals surface area contributed by atoms with Crippen LogP contribution in [0, 0.1) is 17.5 Å². The van der Waals surface area contributed by atoms with E-state index in [1.54, 1.807) is 0 Å². The van der Waals surface area contributed by atoms with Crippen LogP contribution in [-0.4, -0.2) is 23.0 Å². The summed E-state index contributed by atoms with van der Waals surface area (Å²) in [5.41, 5.74) is 2.59. The number of likely N-dealkylation sites (tertiary alicyclic amines) is 1. The summed E-state index contributed by atoms with van der Waals surface area (Å²) in [5, 5.41) is 0. The Kier molecular flexibility index (Phi) is 4.00. The molecule has 1 N–H and O–H groups in total. The van der Waals surface area contributed by atoms with Crippen molar-refractivity contribution in [1.29, 1.82) is 0 Å². The molecule has 17 heavy (non-hydrogen) atoms. The molecule has 2 nitrogen and oxygen atoms in total. The number of aromatic nitrogens is 1. The Morgan fingerprint density at radius 3 is 2.94 bits per heavy atom. The van der Waals surface area contributed by atoms with Crippen molar-refractivity contribution in [2.24, 2.45) is 5.92 Å². The molecule has 0 amide bonds. The van der Waals surface area contributed by atoms with Gasteiger partial charge in [-0.3, -0.25) is 4.90 Å². The highest BCUT2D eigenvalue weighted by molar-refractivity contribution is 7.71. The molecule has 2 heterocycles. The third-order valence-corrected chi connectivity index (χ3v) is 3.90. The first-order chi connectivity index (χ1) is 8.08. The number of hydrogen-bond donors (Lipinski definition) is 1. The van der Waals surface area contributed by atoms with Crippen LogP contribution in [0.5, 0.6) is 0 Å². The lowest BCUT2D eigenvalue weighted by Gasteiger charge is -2.26. The molecule has 1 fully saturated rings. The van der Waals surface area contributed by atoms with E-state index in [-0.39, 0.29) is 0 Å². The van der Waals surface area contributed by atoms with Crippen LogP contribution in [0.2, 0.25) is 0 Å². The van der Waals surface area contributed by atoms with Crippen molar-refractivity contribution in [3.63, 3.8) is 0 Å². The van der Waals surface area contributed by atoms with Crippen molar-refractivity contribution in [3.8, 4) is 0 Å². The van der Waals surface area contributed by atoms with Crippen LogP contribution in [0.3, 0.4) is 0 Å². The normalized spacial score (nSPS) is 21.3. The molecular formula is C14H22N2S. The Balaban J connectivity index is 2.20. The van der Waals surface area contributed by atoms with E-state index < -0.39 is 0 Å². The highest BCUT2D eigenvalue weighted by atomic mass is 32.1. The number of pyridine rings is 1. The summed E-state index contributed by atoms with van der Waals surface area (Å²) in [6, 6.07) is 2.84. The summed E-state index contributed by atoms with van der Waals surface area (Å²) in [6.45, 7) is 9.10. The number of nitrogens with one attached hydrogen (secondary N) is 1. The molecule has 1 saturated heterocycles. The van der Waals surface area contributed by atoms with Crippen molar-refractivity contribution >= 4 is 12.2 Å². The van der Waals surface area contributed by atoms with Crippen molar-refractivity contribution in [2.75, 3.05) is 13.1 Å². The van der Waals surface area contributed by atoms with Gasteiger partial charge in [-0.2, -0.15) is 0 Å². The lowest BCUT2D eigenvalue weighted by molar-refractivity contribution is 0.228. The zero-order chi connectivity index (χ0) is 12.4. The van der Waals surface area contributed by atoms with Gasteiger partial charge in [-0.25, -0.2) is 0 Å². The molecule has 0 aliphatic carbocycles. The van der Waals surface area contributed by atoms with Crippen LogP contribution in [0.1, 0.15) is 43.9 Å². The highest BCUT2D eigenvalue weighted by Gasteiger charge is 2.26. The Morgan fingerprint density at radius 1 is 1.53 bits per heavy atom. The predicted octanol–water partition coefficient (Wildman–Crippen LogP) is 3.85. The smallest absolute Gasteiger partial charge is 0.106 e. The van der Waals surface area contributed by atoms with Gasteiger partial charge < -0.3 is 4.98 Å².